The molecular formula is C14H18N4O4. The molecule has 2 rings (SSSR count). The van der Waals surface area contributed by atoms with Gasteiger partial charge in [0.15, 0.2) is 0 Å². The first-order valence-electron chi connectivity index (χ1n) is 7.10. The lowest BCUT2D eigenvalue weighted by Crippen LogP contribution is -2.48. The van der Waals surface area contributed by atoms with Crippen LogP contribution in [0.1, 0.15) is 26.7 Å². The molecule has 0 bridgehead atoms. The van der Waals surface area contributed by atoms with Crippen molar-refractivity contribution in [3.8, 4) is 0 Å². The lowest BCUT2D eigenvalue weighted by Gasteiger charge is -2.29. The number of nitro groups is 1. The van der Waals surface area contributed by atoms with E-state index in [1.54, 1.807) is 4.90 Å². The summed E-state index contributed by atoms with van der Waals surface area (Å²) in [5, 5.41) is 13.5. The number of likely N-dealkylation sites (tertiary alicyclic amines) is 1. The molecule has 118 valence electrons. The maximum atomic E-state index is 12.5. The van der Waals surface area contributed by atoms with Crippen LogP contribution in [-0.2, 0) is 9.59 Å². The summed E-state index contributed by atoms with van der Waals surface area (Å²) in [5.74, 6) is -0.569. The summed E-state index contributed by atoms with van der Waals surface area (Å²) in [7, 11) is 0. The molecule has 0 aromatic carbocycles. The fraction of sp³-hybridized carbons (Fsp3) is 0.500. The van der Waals surface area contributed by atoms with Crippen molar-refractivity contribution >= 4 is 23.2 Å². The summed E-state index contributed by atoms with van der Waals surface area (Å²) in [5.41, 5.74) is -0.187. The Bertz CT molecular complexity index is 602. The first-order chi connectivity index (χ1) is 10.4. The number of aromatic nitrogens is 1. The summed E-state index contributed by atoms with van der Waals surface area (Å²) in [4.78, 5) is 40.0. The third-order valence-electron chi connectivity index (χ3n) is 3.60. The van der Waals surface area contributed by atoms with E-state index in [9.17, 15) is 19.7 Å². The van der Waals surface area contributed by atoms with Gasteiger partial charge in [0, 0.05) is 19.2 Å². The van der Waals surface area contributed by atoms with Crippen LogP contribution in [0.25, 0.3) is 0 Å². The number of nitrogens with zero attached hydrogens (tertiary/aromatic N) is 3. The second-order valence-corrected chi connectivity index (χ2v) is 5.52. The predicted octanol–water partition coefficient (Wildman–Crippen LogP) is 1.58. The normalized spacial score (nSPS) is 16.0. The van der Waals surface area contributed by atoms with Gasteiger partial charge >= 0.3 is 5.69 Å². The van der Waals surface area contributed by atoms with Crippen molar-refractivity contribution in [1.82, 2.24) is 9.88 Å². The number of nitrogens with one attached hydrogen (secondary N) is 1. The van der Waals surface area contributed by atoms with E-state index in [-0.39, 0.29) is 23.2 Å². The Morgan fingerprint density at radius 3 is 2.77 bits per heavy atom. The average Bonchev–Trinajstić information content (AvgIpc) is 2.85. The molecule has 8 heteroatoms. The summed E-state index contributed by atoms with van der Waals surface area (Å²) in [6.45, 7) is 4.22. The highest BCUT2D eigenvalue weighted by atomic mass is 16.6. The van der Waals surface area contributed by atoms with Crippen LogP contribution in [0.5, 0.6) is 0 Å². The monoisotopic (exact) mass is 306 g/mol. The Morgan fingerprint density at radius 1 is 1.50 bits per heavy atom. The fourth-order valence-corrected chi connectivity index (χ4v) is 2.61. The number of pyridine rings is 1. The van der Waals surface area contributed by atoms with Crippen LogP contribution in [-0.4, -0.2) is 39.2 Å². The van der Waals surface area contributed by atoms with Crippen molar-refractivity contribution in [2.75, 3.05) is 11.9 Å². The number of anilines is 1. The molecule has 8 nitrogen and oxygen atoms in total. The smallest absolute Gasteiger partial charge is 0.310 e. The zero-order valence-corrected chi connectivity index (χ0v) is 12.5. The zero-order chi connectivity index (χ0) is 16.3. The molecule has 2 heterocycles. The van der Waals surface area contributed by atoms with Gasteiger partial charge in [-0.25, -0.2) is 0 Å². The molecular weight excluding hydrogens is 288 g/mol. The second-order valence-electron chi connectivity index (χ2n) is 5.52. The minimum Gasteiger partial charge on any atom is -0.330 e. The first kappa shape index (κ1) is 15.9. The first-order valence-corrected chi connectivity index (χ1v) is 7.10. The highest BCUT2D eigenvalue weighted by Crippen LogP contribution is 2.25. The quantitative estimate of drug-likeness (QED) is 0.656. The Kier molecular flexibility index (Phi) is 4.69. The van der Waals surface area contributed by atoms with Crippen LogP contribution in [0.3, 0.4) is 0 Å². The van der Waals surface area contributed by atoms with Gasteiger partial charge in [-0.1, -0.05) is 13.8 Å². The molecule has 0 saturated carbocycles. The van der Waals surface area contributed by atoms with Crippen LogP contribution in [0.15, 0.2) is 18.5 Å². The molecule has 1 aliphatic heterocycles. The van der Waals surface area contributed by atoms with E-state index >= 15 is 0 Å². The molecule has 1 unspecified atom stereocenters. The Labute approximate surface area is 127 Å². The molecule has 0 aliphatic carbocycles. The summed E-state index contributed by atoms with van der Waals surface area (Å²) < 4.78 is 0. The van der Waals surface area contributed by atoms with Gasteiger partial charge in [0.1, 0.15) is 17.9 Å². The summed E-state index contributed by atoms with van der Waals surface area (Å²) >= 11 is 0. The topological polar surface area (TPSA) is 105 Å². The maximum Gasteiger partial charge on any atom is 0.310 e. The lowest BCUT2D eigenvalue weighted by atomic mass is 10.0. The lowest BCUT2D eigenvalue weighted by molar-refractivity contribution is -0.384. The van der Waals surface area contributed by atoms with Crippen molar-refractivity contribution in [3.05, 3.63) is 28.6 Å². The summed E-state index contributed by atoms with van der Waals surface area (Å²) in [6.07, 6.45) is 3.62. The minimum absolute atomic E-state index is 0.0573. The highest BCUT2D eigenvalue weighted by Gasteiger charge is 2.35. The third kappa shape index (κ3) is 3.21. The van der Waals surface area contributed by atoms with Gasteiger partial charge in [-0.3, -0.25) is 24.7 Å². The van der Waals surface area contributed by atoms with E-state index in [0.717, 1.165) is 12.6 Å². The predicted molar refractivity (Wildman–Crippen MR) is 79.1 cm³/mol. The van der Waals surface area contributed by atoms with E-state index in [1.165, 1.54) is 12.3 Å². The highest BCUT2D eigenvalue weighted by molar-refractivity contribution is 5.99. The largest absolute Gasteiger partial charge is 0.330 e. The van der Waals surface area contributed by atoms with Crippen LogP contribution >= 0.6 is 0 Å². The number of hydrogen-bond donors (Lipinski definition) is 1. The van der Waals surface area contributed by atoms with Crippen molar-refractivity contribution in [2.45, 2.75) is 32.7 Å². The molecule has 1 N–H and O–H groups in total. The van der Waals surface area contributed by atoms with Gasteiger partial charge in [0.2, 0.25) is 11.8 Å². The molecule has 1 aromatic rings. The van der Waals surface area contributed by atoms with Crippen LogP contribution < -0.4 is 5.32 Å². The second kappa shape index (κ2) is 6.50. The molecule has 22 heavy (non-hydrogen) atoms. The van der Waals surface area contributed by atoms with Crippen molar-refractivity contribution < 1.29 is 14.5 Å². The molecule has 1 atom stereocenters. The minimum atomic E-state index is -0.636. The number of amides is 2. The molecule has 2 amide bonds. The molecule has 1 fully saturated rings. The summed E-state index contributed by atoms with van der Waals surface area (Å²) in [6, 6.07) is 0.738. The van der Waals surface area contributed by atoms with Crippen molar-refractivity contribution in [1.29, 1.82) is 0 Å². The Balaban J connectivity index is 2.22. The van der Waals surface area contributed by atoms with Gasteiger partial charge in [-0.2, -0.15) is 0 Å². The number of rotatable bonds is 5. The number of carbonyl (C=O) groups excluding carboxylic acids is 2. The van der Waals surface area contributed by atoms with Crippen LogP contribution in [0.4, 0.5) is 11.4 Å². The molecule has 1 aromatic heterocycles. The van der Waals surface area contributed by atoms with Gasteiger partial charge in [-0.05, 0) is 18.4 Å². The third-order valence-corrected chi connectivity index (χ3v) is 3.60. The molecule has 0 radical (unpaired) electrons. The molecule has 0 spiro atoms. The number of carbonyl (C=O) groups is 2. The SMILES string of the molecule is CC(C)C(C(=O)Nc1ccncc1[N+](=O)[O-])N1CCCC1=O. The van der Waals surface area contributed by atoms with Gasteiger partial charge in [-0.15, -0.1) is 0 Å². The molecule has 1 saturated heterocycles. The van der Waals surface area contributed by atoms with E-state index in [1.807, 2.05) is 13.8 Å². The zero-order valence-electron chi connectivity index (χ0n) is 12.5. The number of hydrogen-bond acceptors (Lipinski definition) is 5. The fourth-order valence-electron chi connectivity index (χ4n) is 2.61. The maximum absolute atomic E-state index is 12.5. The van der Waals surface area contributed by atoms with Crippen LogP contribution in [0.2, 0.25) is 0 Å². The van der Waals surface area contributed by atoms with Crippen molar-refractivity contribution in [3.63, 3.8) is 0 Å². The van der Waals surface area contributed by atoms with E-state index in [0.29, 0.717) is 13.0 Å². The standard InChI is InChI=1S/C14H18N4O4/c1-9(2)13(17-7-3-4-12(17)19)14(20)16-10-5-6-15-8-11(10)18(21)22/h5-6,8-9,13H,3-4,7H2,1-2H3,(H,15,16,20). The van der Waals surface area contributed by atoms with Gasteiger partial charge in [0.25, 0.3) is 0 Å². The molecule has 1 aliphatic rings. The van der Waals surface area contributed by atoms with Crippen LogP contribution in [0, 0.1) is 16.0 Å². The van der Waals surface area contributed by atoms with E-state index in [4.69, 9.17) is 0 Å². The van der Waals surface area contributed by atoms with E-state index < -0.39 is 16.9 Å². The van der Waals surface area contributed by atoms with Gasteiger partial charge < -0.3 is 10.2 Å². The van der Waals surface area contributed by atoms with Gasteiger partial charge in [0.05, 0.1) is 4.92 Å². The Morgan fingerprint density at radius 2 is 2.23 bits per heavy atom. The average molecular weight is 306 g/mol. The van der Waals surface area contributed by atoms with Crippen molar-refractivity contribution in [2.24, 2.45) is 5.92 Å². The Hall–Kier alpha value is -2.51. The van der Waals surface area contributed by atoms with E-state index in [2.05, 4.69) is 10.3 Å².